The number of fused-ring (bicyclic) bond motifs is 1. The number of benzene rings is 1. The summed E-state index contributed by atoms with van der Waals surface area (Å²) < 4.78 is 1.75. The summed E-state index contributed by atoms with van der Waals surface area (Å²) in [4.78, 5) is 14.8. The Morgan fingerprint density at radius 2 is 2.04 bits per heavy atom. The third kappa shape index (κ3) is 4.13. The molecule has 2 aromatic heterocycles. The molecular weight excluding hydrogens is 352 g/mol. The van der Waals surface area contributed by atoms with Crippen LogP contribution in [0, 0.1) is 12.8 Å². The van der Waals surface area contributed by atoms with E-state index in [9.17, 15) is 4.79 Å². The zero-order valence-electron chi connectivity index (χ0n) is 16.2. The van der Waals surface area contributed by atoms with Crippen molar-refractivity contribution in [3.05, 3.63) is 53.9 Å². The molecule has 0 saturated carbocycles. The Hall–Kier alpha value is -2.96. The summed E-state index contributed by atoms with van der Waals surface area (Å²) in [7, 11) is 0. The topological polar surface area (TPSA) is 75.4 Å². The first-order valence-electron chi connectivity index (χ1n) is 9.96. The van der Waals surface area contributed by atoms with Gasteiger partial charge in [-0.1, -0.05) is 30.3 Å². The maximum Gasteiger partial charge on any atom is 0.224 e. The van der Waals surface area contributed by atoms with Crippen LogP contribution in [-0.2, 0) is 11.2 Å². The van der Waals surface area contributed by atoms with Crippen molar-refractivity contribution in [1.82, 2.24) is 25.1 Å². The summed E-state index contributed by atoms with van der Waals surface area (Å²) in [6.45, 7) is 4.22. The Bertz CT molecular complexity index is 938. The molecule has 1 N–H and O–H groups in total. The molecule has 1 unspecified atom stereocenters. The molecule has 0 bridgehead atoms. The van der Waals surface area contributed by atoms with Gasteiger partial charge < -0.3 is 10.2 Å². The van der Waals surface area contributed by atoms with Crippen molar-refractivity contribution in [2.45, 2.75) is 32.6 Å². The van der Waals surface area contributed by atoms with Crippen LogP contribution in [0.4, 0.5) is 5.82 Å². The number of piperidine rings is 1. The Morgan fingerprint density at radius 3 is 2.89 bits per heavy atom. The summed E-state index contributed by atoms with van der Waals surface area (Å²) in [5.41, 5.74) is 2.05. The predicted molar refractivity (Wildman–Crippen MR) is 108 cm³/mol. The fourth-order valence-electron chi connectivity index (χ4n) is 3.75. The second-order valence-corrected chi connectivity index (χ2v) is 7.37. The van der Waals surface area contributed by atoms with Crippen molar-refractivity contribution in [3.8, 4) is 0 Å². The van der Waals surface area contributed by atoms with Gasteiger partial charge >= 0.3 is 0 Å². The Labute approximate surface area is 164 Å². The molecular formula is C21H26N6O. The number of carbonyl (C=O) groups excluding carboxylic acids is 1. The van der Waals surface area contributed by atoms with E-state index < -0.39 is 0 Å². The molecule has 3 heterocycles. The van der Waals surface area contributed by atoms with E-state index in [-0.39, 0.29) is 11.8 Å². The Morgan fingerprint density at radius 1 is 1.18 bits per heavy atom. The molecule has 0 radical (unpaired) electrons. The zero-order chi connectivity index (χ0) is 19.3. The molecule has 7 nitrogen and oxygen atoms in total. The molecule has 1 aliphatic heterocycles. The molecule has 146 valence electrons. The normalized spacial score (nSPS) is 17.0. The predicted octanol–water partition coefficient (Wildman–Crippen LogP) is 2.40. The van der Waals surface area contributed by atoms with Crippen molar-refractivity contribution in [2.24, 2.45) is 5.92 Å². The van der Waals surface area contributed by atoms with Crippen LogP contribution >= 0.6 is 0 Å². The number of rotatable bonds is 6. The molecule has 1 aromatic carbocycles. The molecule has 1 amide bonds. The number of nitrogens with one attached hydrogen (secondary N) is 1. The van der Waals surface area contributed by atoms with Crippen LogP contribution in [0.3, 0.4) is 0 Å². The van der Waals surface area contributed by atoms with Gasteiger partial charge in [0.25, 0.3) is 0 Å². The first-order chi connectivity index (χ1) is 13.7. The van der Waals surface area contributed by atoms with Crippen molar-refractivity contribution in [2.75, 3.05) is 24.5 Å². The number of aryl methyl sites for hydroxylation is 2. The molecule has 1 aliphatic rings. The SMILES string of the molecule is Cc1nnc2ccc(N3CCCC(C(=O)NCCCc4ccccc4)C3)nn12. The lowest BCUT2D eigenvalue weighted by Gasteiger charge is -2.32. The second kappa shape index (κ2) is 8.37. The van der Waals surface area contributed by atoms with Gasteiger partial charge in [-0.15, -0.1) is 15.3 Å². The molecule has 0 spiro atoms. The lowest BCUT2D eigenvalue weighted by Crippen LogP contribution is -2.43. The Kier molecular flexibility index (Phi) is 5.50. The van der Waals surface area contributed by atoms with Crippen LogP contribution < -0.4 is 10.2 Å². The third-order valence-electron chi connectivity index (χ3n) is 5.31. The second-order valence-electron chi connectivity index (χ2n) is 7.37. The molecule has 1 atom stereocenters. The van der Waals surface area contributed by atoms with Crippen LogP contribution in [-0.4, -0.2) is 45.4 Å². The summed E-state index contributed by atoms with van der Waals surface area (Å²) in [6.07, 6.45) is 3.86. The van der Waals surface area contributed by atoms with E-state index >= 15 is 0 Å². The smallest absolute Gasteiger partial charge is 0.224 e. The monoisotopic (exact) mass is 378 g/mol. The number of amides is 1. The summed E-state index contributed by atoms with van der Waals surface area (Å²) in [6, 6.07) is 14.3. The van der Waals surface area contributed by atoms with E-state index in [4.69, 9.17) is 0 Å². The molecule has 7 heteroatoms. The first kappa shape index (κ1) is 18.4. The quantitative estimate of drug-likeness (QED) is 0.667. The summed E-state index contributed by atoms with van der Waals surface area (Å²) in [5, 5.41) is 15.9. The van der Waals surface area contributed by atoms with Crippen molar-refractivity contribution in [1.29, 1.82) is 0 Å². The number of carbonyl (C=O) groups is 1. The van der Waals surface area contributed by atoms with Crippen LogP contribution in [0.5, 0.6) is 0 Å². The van der Waals surface area contributed by atoms with Crippen LogP contribution in [0.25, 0.3) is 5.65 Å². The van der Waals surface area contributed by atoms with Crippen LogP contribution in [0.2, 0.25) is 0 Å². The van der Waals surface area contributed by atoms with Gasteiger partial charge in [0.15, 0.2) is 11.5 Å². The van der Waals surface area contributed by atoms with E-state index in [1.165, 1.54) is 5.56 Å². The van der Waals surface area contributed by atoms with Gasteiger partial charge in [-0.25, -0.2) is 0 Å². The van der Waals surface area contributed by atoms with E-state index in [1.54, 1.807) is 4.52 Å². The highest BCUT2D eigenvalue weighted by Crippen LogP contribution is 2.22. The van der Waals surface area contributed by atoms with Gasteiger partial charge in [-0.05, 0) is 50.3 Å². The average molecular weight is 378 g/mol. The van der Waals surface area contributed by atoms with E-state index in [0.29, 0.717) is 13.1 Å². The lowest BCUT2D eigenvalue weighted by molar-refractivity contribution is -0.125. The van der Waals surface area contributed by atoms with Gasteiger partial charge in [0.05, 0.1) is 5.92 Å². The third-order valence-corrected chi connectivity index (χ3v) is 5.31. The maximum absolute atomic E-state index is 12.6. The number of nitrogens with zero attached hydrogens (tertiary/aromatic N) is 5. The van der Waals surface area contributed by atoms with Gasteiger partial charge in [-0.2, -0.15) is 4.52 Å². The van der Waals surface area contributed by atoms with Gasteiger partial charge in [-0.3, -0.25) is 4.79 Å². The van der Waals surface area contributed by atoms with E-state index in [0.717, 1.165) is 49.5 Å². The van der Waals surface area contributed by atoms with Crippen molar-refractivity contribution >= 4 is 17.4 Å². The van der Waals surface area contributed by atoms with Crippen LogP contribution in [0.15, 0.2) is 42.5 Å². The lowest BCUT2D eigenvalue weighted by atomic mass is 9.97. The largest absolute Gasteiger partial charge is 0.356 e. The van der Waals surface area contributed by atoms with Crippen molar-refractivity contribution in [3.63, 3.8) is 0 Å². The fraction of sp³-hybridized carbons (Fsp3) is 0.429. The minimum atomic E-state index is 0.00461. The summed E-state index contributed by atoms with van der Waals surface area (Å²) in [5.74, 6) is 1.79. The number of hydrogen-bond donors (Lipinski definition) is 1. The molecule has 1 fully saturated rings. The van der Waals surface area contributed by atoms with Crippen molar-refractivity contribution < 1.29 is 4.79 Å². The minimum absolute atomic E-state index is 0.00461. The summed E-state index contributed by atoms with van der Waals surface area (Å²) >= 11 is 0. The molecule has 3 aromatic rings. The van der Waals surface area contributed by atoms with Gasteiger partial charge in [0, 0.05) is 19.6 Å². The van der Waals surface area contributed by atoms with Gasteiger partial charge in [0.1, 0.15) is 5.82 Å². The number of anilines is 1. The van der Waals surface area contributed by atoms with E-state index in [2.05, 4.69) is 49.8 Å². The molecule has 4 rings (SSSR count). The van der Waals surface area contributed by atoms with E-state index in [1.807, 2.05) is 25.1 Å². The Balaban J connectivity index is 1.31. The average Bonchev–Trinajstić information content (AvgIpc) is 3.12. The number of aromatic nitrogens is 4. The highest BCUT2D eigenvalue weighted by Gasteiger charge is 2.26. The molecule has 28 heavy (non-hydrogen) atoms. The highest BCUT2D eigenvalue weighted by molar-refractivity contribution is 5.79. The number of hydrogen-bond acceptors (Lipinski definition) is 5. The van der Waals surface area contributed by atoms with Gasteiger partial charge in [0.2, 0.25) is 5.91 Å². The zero-order valence-corrected chi connectivity index (χ0v) is 16.2. The molecule has 1 saturated heterocycles. The van der Waals surface area contributed by atoms with Crippen LogP contribution in [0.1, 0.15) is 30.7 Å². The fourth-order valence-corrected chi connectivity index (χ4v) is 3.75. The molecule has 0 aliphatic carbocycles. The first-order valence-corrected chi connectivity index (χ1v) is 9.96. The maximum atomic E-state index is 12.6. The highest BCUT2D eigenvalue weighted by atomic mass is 16.1. The minimum Gasteiger partial charge on any atom is -0.356 e. The standard InChI is InChI=1S/C21H26N6O/c1-16-23-24-19-11-12-20(25-27(16)19)26-14-6-10-18(15-26)21(28)22-13-5-9-17-7-3-2-4-8-17/h2-4,7-8,11-12,18H,5-6,9-10,13-15H2,1H3,(H,22,28).